The highest BCUT2D eigenvalue weighted by molar-refractivity contribution is 5.96. The van der Waals surface area contributed by atoms with Gasteiger partial charge in [0, 0.05) is 12.0 Å². The van der Waals surface area contributed by atoms with Gasteiger partial charge in [-0.15, -0.1) is 0 Å². The summed E-state index contributed by atoms with van der Waals surface area (Å²) in [7, 11) is 0. The standard InChI is InChI=1S/C15H19FN2O/c1-9(14-12-4-2-3-10(12)7-18-14)15(19)13-6-5-11(16)8-17-13/h5-6,8-10,12,14,18H,2-4,7H2,1H3. The number of nitrogens with one attached hydrogen (secondary N) is 1. The lowest BCUT2D eigenvalue weighted by atomic mass is 9.84. The lowest BCUT2D eigenvalue weighted by molar-refractivity contribution is 0.0886. The average Bonchev–Trinajstić information content (AvgIpc) is 3.00. The normalized spacial score (nSPS) is 31.2. The summed E-state index contributed by atoms with van der Waals surface area (Å²) in [6, 6.07) is 3.04. The van der Waals surface area contributed by atoms with E-state index in [4.69, 9.17) is 0 Å². The van der Waals surface area contributed by atoms with Crippen molar-refractivity contribution in [2.75, 3.05) is 6.54 Å². The van der Waals surface area contributed by atoms with Crippen molar-refractivity contribution >= 4 is 5.78 Å². The molecule has 0 amide bonds. The van der Waals surface area contributed by atoms with E-state index >= 15 is 0 Å². The third-order valence-corrected chi connectivity index (χ3v) is 4.73. The maximum atomic E-state index is 12.8. The quantitative estimate of drug-likeness (QED) is 0.851. The molecule has 3 rings (SSSR count). The number of nitrogens with zero attached hydrogens (tertiary/aromatic N) is 1. The zero-order chi connectivity index (χ0) is 13.4. The van der Waals surface area contributed by atoms with Crippen LogP contribution < -0.4 is 5.32 Å². The molecular formula is C15H19FN2O. The van der Waals surface area contributed by atoms with Crippen LogP contribution in [0.5, 0.6) is 0 Å². The average molecular weight is 262 g/mol. The van der Waals surface area contributed by atoms with Gasteiger partial charge < -0.3 is 5.32 Å². The van der Waals surface area contributed by atoms with E-state index in [1.54, 1.807) is 0 Å². The maximum absolute atomic E-state index is 12.8. The number of halogens is 1. The molecule has 4 heteroatoms. The van der Waals surface area contributed by atoms with E-state index in [9.17, 15) is 9.18 Å². The van der Waals surface area contributed by atoms with Crippen molar-refractivity contribution < 1.29 is 9.18 Å². The summed E-state index contributed by atoms with van der Waals surface area (Å²) in [5.41, 5.74) is 0.372. The Balaban J connectivity index is 1.74. The van der Waals surface area contributed by atoms with Gasteiger partial charge in [0.25, 0.3) is 0 Å². The van der Waals surface area contributed by atoms with Crippen LogP contribution >= 0.6 is 0 Å². The molecule has 0 spiro atoms. The van der Waals surface area contributed by atoms with E-state index in [-0.39, 0.29) is 17.7 Å². The van der Waals surface area contributed by atoms with Gasteiger partial charge in [0.1, 0.15) is 11.5 Å². The second-order valence-corrected chi connectivity index (χ2v) is 5.80. The van der Waals surface area contributed by atoms with Gasteiger partial charge in [0.15, 0.2) is 5.78 Å². The number of hydrogen-bond acceptors (Lipinski definition) is 3. The van der Waals surface area contributed by atoms with E-state index in [0.717, 1.165) is 18.7 Å². The Hall–Kier alpha value is -1.29. The molecular weight excluding hydrogens is 243 g/mol. The fourth-order valence-electron chi connectivity index (χ4n) is 3.70. The number of hydrogen-bond donors (Lipinski definition) is 1. The molecule has 1 N–H and O–H groups in total. The Morgan fingerprint density at radius 1 is 1.47 bits per heavy atom. The molecule has 1 aromatic rings. The molecule has 1 aromatic heterocycles. The van der Waals surface area contributed by atoms with Crippen LogP contribution in [0.3, 0.4) is 0 Å². The Morgan fingerprint density at radius 2 is 2.32 bits per heavy atom. The van der Waals surface area contributed by atoms with Crippen LogP contribution in [0.2, 0.25) is 0 Å². The van der Waals surface area contributed by atoms with Gasteiger partial charge in [-0.05, 0) is 43.4 Å². The zero-order valence-electron chi connectivity index (χ0n) is 11.1. The molecule has 0 bridgehead atoms. The molecule has 0 aromatic carbocycles. The molecule has 1 aliphatic carbocycles. The zero-order valence-corrected chi connectivity index (χ0v) is 11.1. The minimum absolute atomic E-state index is 0.0186. The first-order valence-corrected chi connectivity index (χ1v) is 7.06. The summed E-state index contributed by atoms with van der Waals surface area (Å²) in [6.07, 6.45) is 4.89. The molecule has 3 nitrogen and oxygen atoms in total. The van der Waals surface area contributed by atoms with E-state index in [1.807, 2.05) is 6.92 Å². The van der Waals surface area contributed by atoms with Gasteiger partial charge >= 0.3 is 0 Å². The fourth-order valence-corrected chi connectivity index (χ4v) is 3.70. The summed E-state index contributed by atoms with van der Waals surface area (Å²) >= 11 is 0. The van der Waals surface area contributed by atoms with Crippen molar-refractivity contribution in [3.63, 3.8) is 0 Å². The number of carbonyl (C=O) groups is 1. The lowest BCUT2D eigenvalue weighted by Crippen LogP contribution is -2.38. The van der Waals surface area contributed by atoms with Gasteiger partial charge in [0.2, 0.25) is 0 Å². The number of aromatic nitrogens is 1. The Morgan fingerprint density at radius 3 is 3.05 bits per heavy atom. The lowest BCUT2D eigenvalue weighted by Gasteiger charge is -2.24. The Bertz CT molecular complexity index is 474. The first-order chi connectivity index (χ1) is 9.16. The van der Waals surface area contributed by atoms with E-state index in [1.165, 1.54) is 31.4 Å². The summed E-state index contributed by atoms with van der Waals surface area (Å²) in [5, 5.41) is 3.50. The first kappa shape index (κ1) is 12.7. The first-order valence-electron chi connectivity index (χ1n) is 7.06. The van der Waals surface area contributed by atoms with Gasteiger partial charge in [-0.3, -0.25) is 9.78 Å². The summed E-state index contributed by atoms with van der Waals surface area (Å²) in [4.78, 5) is 16.3. The minimum Gasteiger partial charge on any atom is -0.313 e. The van der Waals surface area contributed by atoms with Crippen LogP contribution in [0, 0.1) is 23.6 Å². The second-order valence-electron chi connectivity index (χ2n) is 5.80. The van der Waals surface area contributed by atoms with Crippen LogP contribution in [0.25, 0.3) is 0 Å². The molecule has 1 saturated carbocycles. The molecule has 1 saturated heterocycles. The molecule has 4 unspecified atom stereocenters. The van der Waals surface area contributed by atoms with Crippen molar-refractivity contribution in [1.82, 2.24) is 10.3 Å². The topological polar surface area (TPSA) is 42.0 Å². The highest BCUT2D eigenvalue weighted by Crippen LogP contribution is 2.40. The number of ketones is 1. The largest absolute Gasteiger partial charge is 0.313 e. The van der Waals surface area contributed by atoms with Crippen molar-refractivity contribution in [3.8, 4) is 0 Å². The molecule has 102 valence electrons. The molecule has 2 fully saturated rings. The summed E-state index contributed by atoms with van der Waals surface area (Å²) in [6.45, 7) is 3.00. The predicted molar refractivity (Wildman–Crippen MR) is 70.3 cm³/mol. The summed E-state index contributed by atoms with van der Waals surface area (Å²) in [5.74, 6) is 0.885. The third kappa shape index (κ3) is 2.29. The van der Waals surface area contributed by atoms with Crippen LogP contribution in [-0.4, -0.2) is 23.4 Å². The highest BCUT2D eigenvalue weighted by Gasteiger charge is 2.43. The number of rotatable bonds is 3. The molecule has 0 radical (unpaired) electrons. The highest BCUT2D eigenvalue weighted by atomic mass is 19.1. The smallest absolute Gasteiger partial charge is 0.185 e. The van der Waals surface area contributed by atoms with Crippen LogP contribution in [-0.2, 0) is 0 Å². The Kier molecular flexibility index (Phi) is 3.35. The third-order valence-electron chi connectivity index (χ3n) is 4.73. The van der Waals surface area contributed by atoms with Crippen LogP contribution in [0.1, 0.15) is 36.7 Å². The molecule has 4 atom stereocenters. The van der Waals surface area contributed by atoms with Crippen LogP contribution in [0.15, 0.2) is 18.3 Å². The van der Waals surface area contributed by atoms with Crippen LogP contribution in [0.4, 0.5) is 4.39 Å². The SMILES string of the molecule is CC(C(=O)c1ccc(F)cn1)C1NCC2CCCC21. The fraction of sp³-hybridized carbons (Fsp3) is 0.600. The number of carbonyl (C=O) groups excluding carboxylic acids is 1. The minimum atomic E-state index is -0.404. The molecule has 2 heterocycles. The number of fused-ring (bicyclic) bond motifs is 1. The van der Waals surface area contributed by atoms with E-state index < -0.39 is 5.82 Å². The second kappa shape index (κ2) is 5.00. The number of pyridine rings is 1. The van der Waals surface area contributed by atoms with E-state index in [0.29, 0.717) is 11.6 Å². The number of Topliss-reactive ketones (excluding diaryl/α,β-unsaturated/α-hetero) is 1. The van der Waals surface area contributed by atoms with Crippen molar-refractivity contribution in [3.05, 3.63) is 29.8 Å². The van der Waals surface area contributed by atoms with Gasteiger partial charge in [-0.25, -0.2) is 4.39 Å². The molecule has 19 heavy (non-hydrogen) atoms. The summed E-state index contributed by atoms with van der Waals surface area (Å²) < 4.78 is 12.8. The molecule has 1 aliphatic heterocycles. The predicted octanol–water partition coefficient (Wildman–Crippen LogP) is 2.43. The van der Waals surface area contributed by atoms with E-state index in [2.05, 4.69) is 10.3 Å². The van der Waals surface area contributed by atoms with Gasteiger partial charge in [0.05, 0.1) is 6.20 Å². The van der Waals surface area contributed by atoms with Gasteiger partial charge in [-0.1, -0.05) is 13.3 Å². The van der Waals surface area contributed by atoms with Crippen molar-refractivity contribution in [1.29, 1.82) is 0 Å². The Labute approximate surface area is 112 Å². The van der Waals surface area contributed by atoms with Crippen molar-refractivity contribution in [2.24, 2.45) is 17.8 Å². The molecule has 2 aliphatic rings. The maximum Gasteiger partial charge on any atom is 0.185 e. The monoisotopic (exact) mass is 262 g/mol. The van der Waals surface area contributed by atoms with Gasteiger partial charge in [-0.2, -0.15) is 0 Å². The van der Waals surface area contributed by atoms with Crippen molar-refractivity contribution in [2.45, 2.75) is 32.2 Å².